The molecule has 0 saturated heterocycles. The largest absolute Gasteiger partial charge is 0.361 e. The lowest BCUT2D eigenvalue weighted by Gasteiger charge is -2.07. The average Bonchev–Trinajstić information content (AvgIpc) is 2.86. The first-order chi connectivity index (χ1) is 8.50. The number of hydrogen-bond donors (Lipinski definition) is 1. The Balaban J connectivity index is 1.98. The summed E-state index contributed by atoms with van der Waals surface area (Å²) < 4.78 is 27.3. The molecule has 1 aromatic rings. The van der Waals surface area contributed by atoms with E-state index in [1.54, 1.807) is 6.07 Å². The van der Waals surface area contributed by atoms with E-state index < -0.39 is 21.8 Å². The van der Waals surface area contributed by atoms with Crippen molar-refractivity contribution in [3.8, 4) is 0 Å². The van der Waals surface area contributed by atoms with Crippen LogP contribution in [-0.2, 0) is 16.3 Å². The van der Waals surface area contributed by atoms with Crippen molar-refractivity contribution in [1.82, 2.24) is 10.5 Å². The summed E-state index contributed by atoms with van der Waals surface area (Å²) in [7, 11) is -3.17. The Bertz CT molecular complexity index is 574. The monoisotopic (exact) mass is 270 g/mol. The maximum atomic E-state index is 11.8. The molecule has 0 bridgehead atoms. The van der Waals surface area contributed by atoms with Gasteiger partial charge < -0.3 is 9.84 Å². The SMILES string of the molecule is CCCc1cc(C(=O)N[C@@H]2C=CS(=O)(=O)C2)no1. The van der Waals surface area contributed by atoms with E-state index in [9.17, 15) is 13.2 Å². The van der Waals surface area contributed by atoms with E-state index in [0.717, 1.165) is 18.2 Å². The Morgan fingerprint density at radius 2 is 2.39 bits per heavy atom. The van der Waals surface area contributed by atoms with Gasteiger partial charge in [0.05, 0.1) is 11.8 Å². The van der Waals surface area contributed by atoms with Gasteiger partial charge in [-0.25, -0.2) is 8.42 Å². The van der Waals surface area contributed by atoms with Crippen LogP contribution in [0.4, 0.5) is 0 Å². The summed E-state index contributed by atoms with van der Waals surface area (Å²) in [5.41, 5.74) is 0.177. The van der Waals surface area contributed by atoms with Crippen molar-refractivity contribution in [3.63, 3.8) is 0 Å². The van der Waals surface area contributed by atoms with Crippen LogP contribution in [0.5, 0.6) is 0 Å². The number of nitrogens with zero attached hydrogens (tertiary/aromatic N) is 1. The number of aryl methyl sites for hydroxylation is 1. The van der Waals surface area contributed by atoms with Gasteiger partial charge in [-0.05, 0) is 12.5 Å². The van der Waals surface area contributed by atoms with Crippen LogP contribution in [-0.4, -0.2) is 31.3 Å². The number of nitrogens with one attached hydrogen (secondary N) is 1. The number of carbonyl (C=O) groups is 1. The fourth-order valence-corrected chi connectivity index (χ4v) is 2.93. The number of carbonyl (C=O) groups excluding carboxylic acids is 1. The Morgan fingerprint density at radius 3 is 3.00 bits per heavy atom. The van der Waals surface area contributed by atoms with Gasteiger partial charge in [-0.15, -0.1) is 0 Å². The second-order valence-electron chi connectivity index (χ2n) is 4.17. The molecule has 1 aliphatic rings. The molecule has 0 aromatic carbocycles. The second kappa shape index (κ2) is 4.93. The number of rotatable bonds is 4. The number of aromatic nitrogens is 1. The zero-order chi connectivity index (χ0) is 13.2. The zero-order valence-corrected chi connectivity index (χ0v) is 10.7. The Morgan fingerprint density at radius 1 is 1.61 bits per heavy atom. The van der Waals surface area contributed by atoms with E-state index >= 15 is 0 Å². The van der Waals surface area contributed by atoms with Crippen LogP contribution in [0.1, 0.15) is 29.6 Å². The van der Waals surface area contributed by atoms with Crippen LogP contribution < -0.4 is 5.32 Å². The molecule has 2 heterocycles. The van der Waals surface area contributed by atoms with Crippen LogP contribution >= 0.6 is 0 Å². The Labute approximate surface area is 105 Å². The minimum absolute atomic E-state index is 0.0988. The molecule has 6 nitrogen and oxygen atoms in total. The summed E-state index contributed by atoms with van der Waals surface area (Å²) in [4.78, 5) is 11.8. The summed E-state index contributed by atoms with van der Waals surface area (Å²) in [6.07, 6.45) is 3.08. The molecule has 1 atom stereocenters. The van der Waals surface area contributed by atoms with Crippen molar-refractivity contribution in [3.05, 3.63) is 29.0 Å². The highest BCUT2D eigenvalue weighted by atomic mass is 32.2. The van der Waals surface area contributed by atoms with Gasteiger partial charge in [-0.2, -0.15) is 0 Å². The lowest BCUT2D eigenvalue weighted by molar-refractivity contribution is 0.0938. The standard InChI is InChI=1S/C11H14N2O4S/c1-2-3-9-6-10(13-17-9)11(14)12-8-4-5-18(15,16)7-8/h4-6,8H,2-3,7H2,1H3,(H,12,14)/t8-/m1/s1. The van der Waals surface area contributed by atoms with Gasteiger partial charge >= 0.3 is 0 Å². The first-order valence-corrected chi connectivity index (χ1v) is 7.39. The maximum absolute atomic E-state index is 11.8. The predicted molar refractivity (Wildman–Crippen MR) is 64.7 cm³/mol. The van der Waals surface area contributed by atoms with Crippen LogP contribution in [0.15, 0.2) is 22.1 Å². The van der Waals surface area contributed by atoms with E-state index in [1.807, 2.05) is 6.92 Å². The van der Waals surface area contributed by atoms with E-state index in [1.165, 1.54) is 6.08 Å². The highest BCUT2D eigenvalue weighted by Gasteiger charge is 2.24. The van der Waals surface area contributed by atoms with Gasteiger partial charge in [0.2, 0.25) is 0 Å². The third-order valence-corrected chi connectivity index (χ3v) is 3.93. The predicted octanol–water partition coefficient (Wildman–Crippen LogP) is 0.668. The quantitative estimate of drug-likeness (QED) is 0.868. The smallest absolute Gasteiger partial charge is 0.273 e. The van der Waals surface area contributed by atoms with Gasteiger partial charge in [0, 0.05) is 17.9 Å². The summed E-state index contributed by atoms with van der Waals surface area (Å²) in [5.74, 6) is 0.128. The minimum atomic E-state index is -3.17. The molecule has 0 fully saturated rings. The molecule has 1 aliphatic heterocycles. The number of hydrogen-bond acceptors (Lipinski definition) is 5. The van der Waals surface area contributed by atoms with Crippen molar-refractivity contribution < 1.29 is 17.7 Å². The first kappa shape index (κ1) is 12.8. The number of amides is 1. The highest BCUT2D eigenvalue weighted by Crippen LogP contribution is 2.10. The van der Waals surface area contributed by atoms with Crippen molar-refractivity contribution in [2.75, 3.05) is 5.75 Å². The van der Waals surface area contributed by atoms with E-state index in [4.69, 9.17) is 4.52 Å². The van der Waals surface area contributed by atoms with E-state index in [0.29, 0.717) is 5.76 Å². The average molecular weight is 270 g/mol. The molecule has 0 aliphatic carbocycles. The summed E-state index contributed by atoms with van der Waals surface area (Å²) in [5, 5.41) is 7.35. The van der Waals surface area contributed by atoms with Gasteiger partial charge in [0.15, 0.2) is 15.5 Å². The molecular weight excluding hydrogens is 256 g/mol. The van der Waals surface area contributed by atoms with Gasteiger partial charge in [0.1, 0.15) is 5.76 Å². The highest BCUT2D eigenvalue weighted by molar-refractivity contribution is 7.94. The second-order valence-corrected chi connectivity index (χ2v) is 6.10. The van der Waals surface area contributed by atoms with Crippen molar-refractivity contribution >= 4 is 15.7 Å². The van der Waals surface area contributed by atoms with Crippen LogP contribution in [0.2, 0.25) is 0 Å². The lowest BCUT2D eigenvalue weighted by atomic mass is 10.2. The van der Waals surface area contributed by atoms with Crippen LogP contribution in [0.25, 0.3) is 0 Å². The van der Waals surface area contributed by atoms with Gasteiger partial charge in [0.25, 0.3) is 5.91 Å². The minimum Gasteiger partial charge on any atom is -0.361 e. The summed E-state index contributed by atoms with van der Waals surface area (Å²) in [6, 6.07) is 1.08. The van der Waals surface area contributed by atoms with E-state index in [-0.39, 0.29) is 11.4 Å². The van der Waals surface area contributed by atoms with Crippen molar-refractivity contribution in [2.24, 2.45) is 0 Å². The summed E-state index contributed by atoms with van der Waals surface area (Å²) in [6.45, 7) is 2.00. The molecule has 2 rings (SSSR count). The lowest BCUT2D eigenvalue weighted by Crippen LogP contribution is -2.35. The van der Waals surface area contributed by atoms with Crippen molar-refractivity contribution in [1.29, 1.82) is 0 Å². The topological polar surface area (TPSA) is 89.3 Å². The van der Waals surface area contributed by atoms with E-state index in [2.05, 4.69) is 10.5 Å². The maximum Gasteiger partial charge on any atom is 0.273 e. The first-order valence-electron chi connectivity index (χ1n) is 5.67. The van der Waals surface area contributed by atoms with Gasteiger partial charge in [-0.3, -0.25) is 4.79 Å². The molecule has 1 amide bonds. The molecule has 98 valence electrons. The van der Waals surface area contributed by atoms with Crippen LogP contribution in [0.3, 0.4) is 0 Å². The fraction of sp³-hybridized carbons (Fsp3) is 0.455. The fourth-order valence-electron chi connectivity index (χ4n) is 1.69. The molecule has 0 unspecified atom stereocenters. The van der Waals surface area contributed by atoms with Crippen molar-refractivity contribution in [2.45, 2.75) is 25.8 Å². The van der Waals surface area contributed by atoms with Crippen LogP contribution in [0, 0.1) is 0 Å². The molecule has 18 heavy (non-hydrogen) atoms. The third-order valence-electron chi connectivity index (χ3n) is 2.53. The Kier molecular flexibility index (Phi) is 3.51. The Hall–Kier alpha value is -1.63. The normalized spacial score (nSPS) is 21.1. The zero-order valence-electron chi connectivity index (χ0n) is 9.92. The summed E-state index contributed by atoms with van der Waals surface area (Å²) >= 11 is 0. The third kappa shape index (κ3) is 2.98. The molecule has 1 aromatic heterocycles. The molecular formula is C11H14N2O4S. The molecule has 0 radical (unpaired) electrons. The molecule has 1 N–H and O–H groups in total. The number of sulfone groups is 1. The molecule has 0 spiro atoms. The molecule has 0 saturated carbocycles. The molecule has 7 heteroatoms. The van der Waals surface area contributed by atoms with Gasteiger partial charge in [-0.1, -0.05) is 12.1 Å².